The predicted molar refractivity (Wildman–Crippen MR) is 75.1 cm³/mol. The third-order valence-electron chi connectivity index (χ3n) is 4.01. The van der Waals surface area contributed by atoms with Crippen molar-refractivity contribution in [3.63, 3.8) is 0 Å². The van der Waals surface area contributed by atoms with Gasteiger partial charge in [-0.25, -0.2) is 4.79 Å². The van der Waals surface area contributed by atoms with Gasteiger partial charge >= 0.3 is 12.0 Å². The first-order valence-corrected chi connectivity index (χ1v) is 7.47. The van der Waals surface area contributed by atoms with Crippen molar-refractivity contribution in [2.24, 2.45) is 5.92 Å². The summed E-state index contributed by atoms with van der Waals surface area (Å²) in [5.74, 6) is -0.409. The molecule has 2 aliphatic rings. The van der Waals surface area contributed by atoms with Crippen molar-refractivity contribution in [1.82, 2.24) is 9.80 Å². The highest BCUT2D eigenvalue weighted by Gasteiger charge is 2.28. The van der Waals surface area contributed by atoms with E-state index in [-0.39, 0.29) is 12.5 Å². The molecule has 0 saturated carbocycles. The summed E-state index contributed by atoms with van der Waals surface area (Å²) in [4.78, 5) is 26.6. The number of hydrogen-bond acceptors (Lipinski definition) is 4. The van der Waals surface area contributed by atoms with E-state index < -0.39 is 12.1 Å². The van der Waals surface area contributed by atoms with E-state index in [4.69, 9.17) is 14.6 Å². The molecule has 0 aromatic heterocycles. The summed E-state index contributed by atoms with van der Waals surface area (Å²) < 4.78 is 10.7. The molecule has 0 aliphatic carbocycles. The number of hydrogen-bond donors (Lipinski definition) is 1. The third kappa shape index (κ3) is 4.86. The summed E-state index contributed by atoms with van der Waals surface area (Å²) in [5, 5.41) is 8.81. The van der Waals surface area contributed by atoms with E-state index in [2.05, 4.69) is 0 Å². The second-order valence-electron chi connectivity index (χ2n) is 5.76. The van der Waals surface area contributed by atoms with Gasteiger partial charge in [0.1, 0.15) is 0 Å². The van der Waals surface area contributed by atoms with Gasteiger partial charge in [-0.2, -0.15) is 0 Å². The fraction of sp³-hybridized carbons (Fsp3) is 0.857. The molecular formula is C14H24N2O5. The number of nitrogens with zero attached hydrogens (tertiary/aromatic N) is 2. The summed E-state index contributed by atoms with van der Waals surface area (Å²) in [5.41, 5.74) is 0. The van der Waals surface area contributed by atoms with Gasteiger partial charge in [-0.3, -0.25) is 4.79 Å². The minimum Gasteiger partial charge on any atom is -0.481 e. The molecule has 1 atom stereocenters. The van der Waals surface area contributed by atoms with E-state index in [9.17, 15) is 9.59 Å². The van der Waals surface area contributed by atoms with E-state index in [1.54, 1.807) is 16.8 Å². The molecule has 2 aliphatic heterocycles. The topological polar surface area (TPSA) is 79.3 Å². The number of carboxylic acids is 1. The minimum absolute atomic E-state index is 0.0415. The van der Waals surface area contributed by atoms with Crippen LogP contribution in [0.3, 0.4) is 0 Å². The molecule has 1 N–H and O–H groups in total. The molecule has 0 spiro atoms. The highest BCUT2D eigenvalue weighted by atomic mass is 16.5. The Balaban J connectivity index is 1.81. The number of carbonyl (C=O) groups excluding carboxylic acids is 1. The van der Waals surface area contributed by atoms with Crippen LogP contribution >= 0.6 is 0 Å². The zero-order valence-corrected chi connectivity index (χ0v) is 12.5. The molecule has 2 amide bonds. The second-order valence-corrected chi connectivity index (χ2v) is 5.76. The molecular weight excluding hydrogens is 276 g/mol. The van der Waals surface area contributed by atoms with Gasteiger partial charge in [0.15, 0.2) is 0 Å². The Morgan fingerprint density at radius 2 is 2.00 bits per heavy atom. The van der Waals surface area contributed by atoms with Crippen LogP contribution in [0.25, 0.3) is 0 Å². The quantitative estimate of drug-likeness (QED) is 0.824. The van der Waals surface area contributed by atoms with Gasteiger partial charge in [-0.1, -0.05) is 0 Å². The highest BCUT2D eigenvalue weighted by molar-refractivity contribution is 5.74. The number of aliphatic carboxylic acids is 1. The standard InChI is InChI=1S/C14H24N2O5/c1-15(9-11-2-5-20-6-3-11)14(19)16-4-7-21-12(10-16)8-13(17)18/h11-12H,2-10H2,1H3,(H,17,18). The minimum atomic E-state index is -0.898. The number of urea groups is 1. The molecule has 0 bridgehead atoms. The average Bonchev–Trinajstić information content (AvgIpc) is 2.47. The molecule has 2 heterocycles. The Bertz CT molecular complexity index is 370. The molecule has 21 heavy (non-hydrogen) atoms. The number of amides is 2. The Labute approximate surface area is 124 Å². The highest BCUT2D eigenvalue weighted by Crippen LogP contribution is 2.17. The van der Waals surface area contributed by atoms with Gasteiger partial charge in [0.25, 0.3) is 0 Å². The molecule has 1 unspecified atom stereocenters. The van der Waals surface area contributed by atoms with Crippen molar-refractivity contribution in [3.8, 4) is 0 Å². The maximum Gasteiger partial charge on any atom is 0.319 e. The Morgan fingerprint density at radius 1 is 1.29 bits per heavy atom. The summed E-state index contributed by atoms with van der Waals surface area (Å²) in [7, 11) is 1.81. The van der Waals surface area contributed by atoms with Gasteiger partial charge < -0.3 is 24.4 Å². The number of rotatable bonds is 4. The first-order valence-electron chi connectivity index (χ1n) is 7.47. The van der Waals surface area contributed by atoms with Gasteiger partial charge in [0, 0.05) is 39.9 Å². The van der Waals surface area contributed by atoms with E-state index >= 15 is 0 Å². The summed E-state index contributed by atoms with van der Waals surface area (Å²) in [6.45, 7) is 3.53. The van der Waals surface area contributed by atoms with Crippen LogP contribution in [-0.4, -0.2) is 79.5 Å². The fourth-order valence-electron chi connectivity index (χ4n) is 2.85. The molecule has 2 rings (SSSR count). The maximum atomic E-state index is 12.4. The van der Waals surface area contributed by atoms with E-state index in [1.807, 2.05) is 0 Å². The smallest absolute Gasteiger partial charge is 0.319 e. The lowest BCUT2D eigenvalue weighted by Gasteiger charge is -2.36. The van der Waals surface area contributed by atoms with E-state index in [0.29, 0.717) is 25.6 Å². The van der Waals surface area contributed by atoms with Crippen LogP contribution in [0, 0.1) is 5.92 Å². The Hall–Kier alpha value is -1.34. The van der Waals surface area contributed by atoms with Crippen molar-refractivity contribution in [2.75, 3.05) is 46.5 Å². The van der Waals surface area contributed by atoms with Crippen LogP contribution in [0.4, 0.5) is 4.79 Å². The van der Waals surface area contributed by atoms with Crippen molar-refractivity contribution in [2.45, 2.75) is 25.4 Å². The summed E-state index contributed by atoms with van der Waals surface area (Å²) in [6.07, 6.45) is 1.51. The van der Waals surface area contributed by atoms with Crippen molar-refractivity contribution < 1.29 is 24.2 Å². The maximum absolute atomic E-state index is 12.4. The van der Waals surface area contributed by atoms with Crippen molar-refractivity contribution in [3.05, 3.63) is 0 Å². The normalized spacial score (nSPS) is 23.9. The van der Waals surface area contributed by atoms with Crippen LogP contribution in [0.1, 0.15) is 19.3 Å². The average molecular weight is 300 g/mol. The lowest BCUT2D eigenvalue weighted by Crippen LogP contribution is -2.51. The van der Waals surface area contributed by atoms with Gasteiger partial charge in [0.2, 0.25) is 0 Å². The zero-order chi connectivity index (χ0) is 15.2. The third-order valence-corrected chi connectivity index (χ3v) is 4.01. The van der Waals surface area contributed by atoms with E-state index in [1.165, 1.54) is 0 Å². The van der Waals surface area contributed by atoms with Crippen LogP contribution in [0.5, 0.6) is 0 Å². The van der Waals surface area contributed by atoms with Crippen LogP contribution in [0.15, 0.2) is 0 Å². The van der Waals surface area contributed by atoms with Crippen molar-refractivity contribution in [1.29, 1.82) is 0 Å². The van der Waals surface area contributed by atoms with Gasteiger partial charge in [-0.05, 0) is 18.8 Å². The number of carbonyl (C=O) groups is 2. The number of morpholine rings is 1. The molecule has 2 fully saturated rings. The molecule has 0 aromatic rings. The van der Waals surface area contributed by atoms with Crippen molar-refractivity contribution >= 4 is 12.0 Å². The summed E-state index contributed by atoms with van der Waals surface area (Å²) in [6, 6.07) is -0.0415. The van der Waals surface area contributed by atoms with Crippen LogP contribution in [0.2, 0.25) is 0 Å². The lowest BCUT2D eigenvalue weighted by molar-refractivity contribution is -0.141. The fourth-order valence-corrected chi connectivity index (χ4v) is 2.85. The molecule has 0 aromatic carbocycles. The summed E-state index contributed by atoms with van der Waals surface area (Å²) >= 11 is 0. The van der Waals surface area contributed by atoms with Gasteiger partial charge in [0.05, 0.1) is 19.1 Å². The monoisotopic (exact) mass is 300 g/mol. The molecule has 7 heteroatoms. The molecule has 7 nitrogen and oxygen atoms in total. The Kier molecular flexibility index (Phi) is 5.81. The first kappa shape index (κ1) is 16.0. The SMILES string of the molecule is CN(CC1CCOCC1)C(=O)N1CCOC(CC(=O)O)C1. The largest absolute Gasteiger partial charge is 0.481 e. The first-order chi connectivity index (χ1) is 10.1. The van der Waals surface area contributed by atoms with Crippen LogP contribution in [-0.2, 0) is 14.3 Å². The number of ether oxygens (including phenoxy) is 2. The molecule has 2 saturated heterocycles. The lowest BCUT2D eigenvalue weighted by atomic mass is 10.00. The van der Waals surface area contributed by atoms with E-state index in [0.717, 1.165) is 32.6 Å². The van der Waals surface area contributed by atoms with Gasteiger partial charge in [-0.15, -0.1) is 0 Å². The Morgan fingerprint density at radius 3 is 2.67 bits per heavy atom. The predicted octanol–water partition coefficient (Wildman–Crippen LogP) is 0.640. The molecule has 0 radical (unpaired) electrons. The van der Waals surface area contributed by atoms with Crippen LogP contribution < -0.4 is 0 Å². The number of carboxylic acid groups (broad SMARTS) is 1. The zero-order valence-electron chi connectivity index (χ0n) is 12.5. The molecule has 120 valence electrons. The second kappa shape index (κ2) is 7.61.